The minimum absolute atomic E-state index is 0.589. The minimum Gasteiger partial charge on any atom is -0.493 e. The zero-order chi connectivity index (χ0) is 19.6. The van der Waals surface area contributed by atoms with Crippen LogP contribution in [0.5, 0.6) is 11.5 Å². The van der Waals surface area contributed by atoms with E-state index in [1.807, 2.05) is 56.1 Å². The first kappa shape index (κ1) is 17.8. The molecule has 142 valence electrons. The van der Waals surface area contributed by atoms with Crippen LogP contribution in [0.1, 0.15) is 30.5 Å². The maximum Gasteiger partial charge on any atom is 0.416 e. The Morgan fingerprint density at radius 1 is 1.11 bits per heavy atom. The number of rotatable bonds is 1. The van der Waals surface area contributed by atoms with Crippen molar-refractivity contribution in [3.05, 3.63) is 59.2 Å². The number of halogens is 3. The molecule has 2 aromatic rings. The molecule has 0 amide bonds. The number of para-hydroxylation sites is 1. The Hall–Kier alpha value is -2.63. The molecule has 2 aromatic carbocycles. The monoisotopic (exact) mass is 375 g/mol. The van der Waals surface area contributed by atoms with Gasteiger partial charge in [-0.15, -0.1) is 0 Å². The van der Waals surface area contributed by atoms with Crippen molar-refractivity contribution < 1.29 is 22.6 Å². The van der Waals surface area contributed by atoms with Crippen molar-refractivity contribution in [2.24, 2.45) is 0 Å². The molecule has 0 N–H and O–H groups in total. The van der Waals surface area contributed by atoms with E-state index in [1.165, 1.54) is 12.1 Å². The van der Waals surface area contributed by atoms with Gasteiger partial charge >= 0.3 is 6.18 Å². The zero-order valence-electron chi connectivity index (χ0n) is 15.5. The van der Waals surface area contributed by atoms with Crippen LogP contribution in [0.3, 0.4) is 0 Å². The normalized spacial score (nSPS) is 22.4. The molecule has 0 saturated carbocycles. The van der Waals surface area contributed by atoms with Gasteiger partial charge in [-0.2, -0.15) is 13.2 Å². The molecule has 1 atom stereocenters. The lowest BCUT2D eigenvalue weighted by Crippen LogP contribution is -2.58. The van der Waals surface area contributed by atoms with E-state index in [-0.39, 0.29) is 0 Å². The van der Waals surface area contributed by atoms with Crippen LogP contribution in [0.2, 0.25) is 0 Å². The molecule has 0 aromatic heterocycles. The van der Waals surface area contributed by atoms with E-state index in [9.17, 15) is 13.2 Å². The molecule has 4 rings (SSSR count). The molecule has 1 spiro atoms. The second kappa shape index (κ2) is 5.44. The Kier molecular flexibility index (Phi) is 3.58. The number of hydrogen-bond donors (Lipinski definition) is 0. The van der Waals surface area contributed by atoms with Crippen LogP contribution in [-0.2, 0) is 11.6 Å². The molecule has 0 aliphatic carbocycles. The molecule has 2 aliphatic rings. The SMILES string of the molecule is COc1cccc2c1OC1(C=C2)N(C)c2ccc(C(F)(F)F)cc2C1(C)C. The van der Waals surface area contributed by atoms with E-state index in [0.717, 1.165) is 17.3 Å². The average molecular weight is 375 g/mol. The fraction of sp³-hybridized carbons (Fsp3) is 0.333. The summed E-state index contributed by atoms with van der Waals surface area (Å²) in [5.74, 6) is 1.18. The second-order valence-electron chi connectivity index (χ2n) is 7.42. The van der Waals surface area contributed by atoms with E-state index >= 15 is 0 Å². The third-order valence-electron chi connectivity index (χ3n) is 5.73. The fourth-order valence-corrected chi connectivity index (χ4v) is 4.14. The highest BCUT2D eigenvalue weighted by atomic mass is 19.4. The molecule has 27 heavy (non-hydrogen) atoms. The molecular weight excluding hydrogens is 355 g/mol. The summed E-state index contributed by atoms with van der Waals surface area (Å²) >= 11 is 0. The first-order valence-electron chi connectivity index (χ1n) is 8.62. The van der Waals surface area contributed by atoms with Gasteiger partial charge in [0.2, 0.25) is 5.72 Å². The molecule has 0 saturated heterocycles. The van der Waals surface area contributed by atoms with Crippen molar-refractivity contribution in [1.29, 1.82) is 0 Å². The Labute approximate surface area is 156 Å². The number of fused-ring (bicyclic) bond motifs is 2. The predicted octanol–water partition coefficient (Wildman–Crippen LogP) is 5.24. The standard InChI is InChI=1S/C21H20F3NO2/c1-19(2)15-12-14(21(22,23)24)8-9-16(15)25(3)20(19)11-10-13-6-5-7-17(26-4)18(13)27-20/h5-12H,1-4H3. The van der Waals surface area contributed by atoms with Gasteiger partial charge in [-0.25, -0.2) is 0 Å². The number of nitrogens with zero attached hydrogens (tertiary/aromatic N) is 1. The van der Waals surface area contributed by atoms with Gasteiger partial charge in [0, 0.05) is 18.3 Å². The number of benzene rings is 2. The van der Waals surface area contributed by atoms with E-state index in [4.69, 9.17) is 9.47 Å². The molecule has 2 aliphatic heterocycles. The lowest BCUT2D eigenvalue weighted by atomic mass is 9.76. The molecule has 6 heteroatoms. The first-order valence-corrected chi connectivity index (χ1v) is 8.62. The average Bonchev–Trinajstić information content (AvgIpc) is 2.79. The van der Waals surface area contributed by atoms with E-state index in [0.29, 0.717) is 17.1 Å². The van der Waals surface area contributed by atoms with Gasteiger partial charge in [-0.1, -0.05) is 12.1 Å². The van der Waals surface area contributed by atoms with Crippen LogP contribution in [0, 0.1) is 0 Å². The van der Waals surface area contributed by atoms with Gasteiger partial charge in [-0.3, -0.25) is 0 Å². The van der Waals surface area contributed by atoms with Gasteiger partial charge < -0.3 is 14.4 Å². The highest BCUT2D eigenvalue weighted by molar-refractivity contribution is 5.73. The van der Waals surface area contributed by atoms with Gasteiger partial charge in [-0.05, 0) is 55.8 Å². The molecule has 0 radical (unpaired) electrons. The lowest BCUT2D eigenvalue weighted by Gasteiger charge is -2.46. The summed E-state index contributed by atoms with van der Waals surface area (Å²) in [6, 6.07) is 9.46. The van der Waals surface area contributed by atoms with Crippen molar-refractivity contribution in [3.8, 4) is 11.5 Å². The molecule has 0 bridgehead atoms. The molecule has 0 fully saturated rings. The van der Waals surface area contributed by atoms with E-state index in [1.54, 1.807) is 7.11 Å². The molecule has 2 heterocycles. The Bertz CT molecular complexity index is 949. The number of likely N-dealkylation sites (N-methyl/N-ethyl adjacent to an activating group) is 1. The summed E-state index contributed by atoms with van der Waals surface area (Å²) in [6.07, 6.45) is -0.531. The number of alkyl halides is 3. The maximum atomic E-state index is 13.3. The first-order chi connectivity index (χ1) is 12.6. The number of methoxy groups -OCH3 is 1. The van der Waals surface area contributed by atoms with Gasteiger partial charge in [0.05, 0.1) is 18.1 Å². The summed E-state index contributed by atoms with van der Waals surface area (Å²) in [5.41, 5.74) is -0.151. The number of ether oxygens (including phenoxy) is 2. The third kappa shape index (κ3) is 2.28. The van der Waals surface area contributed by atoms with Crippen LogP contribution in [0.15, 0.2) is 42.5 Å². The van der Waals surface area contributed by atoms with Crippen LogP contribution < -0.4 is 14.4 Å². The summed E-state index contributed by atoms with van der Waals surface area (Å²) in [6.45, 7) is 3.81. The van der Waals surface area contributed by atoms with Gasteiger partial charge in [0.1, 0.15) is 0 Å². The topological polar surface area (TPSA) is 21.7 Å². The smallest absolute Gasteiger partial charge is 0.416 e. The van der Waals surface area contributed by atoms with Crippen molar-refractivity contribution in [3.63, 3.8) is 0 Å². The van der Waals surface area contributed by atoms with Crippen LogP contribution in [0.4, 0.5) is 18.9 Å². The Morgan fingerprint density at radius 3 is 2.52 bits per heavy atom. The van der Waals surface area contributed by atoms with Crippen molar-refractivity contribution in [2.75, 3.05) is 19.1 Å². The Morgan fingerprint density at radius 2 is 1.85 bits per heavy atom. The molecule has 3 nitrogen and oxygen atoms in total. The van der Waals surface area contributed by atoms with Crippen LogP contribution >= 0.6 is 0 Å². The van der Waals surface area contributed by atoms with Crippen molar-refractivity contribution in [1.82, 2.24) is 0 Å². The zero-order valence-corrected chi connectivity index (χ0v) is 15.5. The fourth-order valence-electron chi connectivity index (χ4n) is 4.14. The summed E-state index contributed by atoms with van der Waals surface area (Å²) in [4.78, 5) is 1.90. The summed E-state index contributed by atoms with van der Waals surface area (Å²) in [7, 11) is 3.41. The van der Waals surface area contributed by atoms with Gasteiger partial charge in [0.25, 0.3) is 0 Å². The van der Waals surface area contributed by atoms with Crippen molar-refractivity contribution >= 4 is 11.8 Å². The summed E-state index contributed by atoms with van der Waals surface area (Å²) in [5, 5.41) is 0. The van der Waals surface area contributed by atoms with Crippen molar-refractivity contribution in [2.45, 2.75) is 31.2 Å². The van der Waals surface area contributed by atoms with Crippen LogP contribution in [-0.4, -0.2) is 19.9 Å². The highest BCUT2D eigenvalue weighted by Gasteiger charge is 2.58. The lowest BCUT2D eigenvalue weighted by molar-refractivity contribution is -0.137. The molecule has 1 unspecified atom stereocenters. The highest BCUT2D eigenvalue weighted by Crippen LogP contribution is 2.56. The largest absolute Gasteiger partial charge is 0.493 e. The van der Waals surface area contributed by atoms with E-state index < -0.39 is 22.9 Å². The summed E-state index contributed by atoms with van der Waals surface area (Å²) < 4.78 is 51.7. The maximum absolute atomic E-state index is 13.3. The number of hydrogen-bond acceptors (Lipinski definition) is 3. The van der Waals surface area contributed by atoms with Crippen LogP contribution in [0.25, 0.3) is 6.08 Å². The van der Waals surface area contributed by atoms with E-state index in [2.05, 4.69) is 0 Å². The number of anilines is 1. The predicted molar refractivity (Wildman–Crippen MR) is 98.3 cm³/mol. The second-order valence-corrected chi connectivity index (χ2v) is 7.42. The minimum atomic E-state index is -4.39. The quantitative estimate of drug-likeness (QED) is 0.680. The third-order valence-corrected chi connectivity index (χ3v) is 5.73. The Balaban J connectivity index is 1.88. The van der Waals surface area contributed by atoms with Gasteiger partial charge in [0.15, 0.2) is 11.5 Å². The molecular formula is C21H20F3NO2.